The Labute approximate surface area is 142 Å². The molecule has 0 radical (unpaired) electrons. The molecule has 0 saturated carbocycles. The van der Waals surface area contributed by atoms with Crippen molar-refractivity contribution in [2.45, 2.75) is 18.7 Å². The van der Waals surface area contributed by atoms with E-state index in [1.54, 1.807) is 4.31 Å². The van der Waals surface area contributed by atoms with Crippen molar-refractivity contribution in [2.24, 2.45) is 0 Å². The molecule has 0 N–H and O–H groups in total. The van der Waals surface area contributed by atoms with Crippen LogP contribution >= 0.6 is 0 Å². The van der Waals surface area contributed by atoms with E-state index < -0.39 is 10.0 Å². The minimum absolute atomic E-state index is 0.0556. The first-order valence-electron chi connectivity index (χ1n) is 8.14. The first kappa shape index (κ1) is 15.4. The van der Waals surface area contributed by atoms with E-state index in [0.29, 0.717) is 13.1 Å². The quantitative estimate of drug-likeness (QED) is 0.730. The van der Waals surface area contributed by atoms with Crippen LogP contribution in [0.15, 0.2) is 66.7 Å². The van der Waals surface area contributed by atoms with Gasteiger partial charge in [0, 0.05) is 13.1 Å². The van der Waals surface area contributed by atoms with Gasteiger partial charge in [0.2, 0.25) is 10.0 Å². The lowest BCUT2D eigenvalue weighted by atomic mass is 10.0. The fraction of sp³-hybridized carbons (Fsp3) is 0.200. The van der Waals surface area contributed by atoms with Crippen LogP contribution in [0.4, 0.5) is 0 Å². The van der Waals surface area contributed by atoms with Crippen LogP contribution in [0.3, 0.4) is 0 Å². The van der Waals surface area contributed by atoms with E-state index in [1.807, 2.05) is 60.7 Å². The van der Waals surface area contributed by atoms with Gasteiger partial charge in [-0.3, -0.25) is 0 Å². The van der Waals surface area contributed by atoms with E-state index in [1.165, 1.54) is 5.56 Å². The molecule has 24 heavy (non-hydrogen) atoms. The lowest BCUT2D eigenvalue weighted by molar-refractivity contribution is 0.391. The minimum atomic E-state index is -3.31. The number of sulfonamides is 1. The summed E-state index contributed by atoms with van der Waals surface area (Å²) in [6, 6.07) is 22.0. The smallest absolute Gasteiger partial charge is 0.212 e. The van der Waals surface area contributed by atoms with Crippen molar-refractivity contribution < 1.29 is 8.42 Å². The van der Waals surface area contributed by atoms with Gasteiger partial charge in [0.1, 0.15) is 0 Å². The molecule has 4 heteroatoms. The molecule has 3 aromatic carbocycles. The van der Waals surface area contributed by atoms with Gasteiger partial charge in [-0.05, 0) is 33.9 Å². The zero-order chi connectivity index (χ0) is 16.6. The van der Waals surface area contributed by atoms with Crippen LogP contribution in [-0.4, -0.2) is 19.3 Å². The third kappa shape index (κ3) is 2.95. The summed E-state index contributed by atoms with van der Waals surface area (Å²) < 4.78 is 27.3. The first-order valence-corrected chi connectivity index (χ1v) is 9.75. The summed E-state index contributed by atoms with van der Waals surface area (Å²) in [6.45, 7) is 1.04. The van der Waals surface area contributed by atoms with Crippen LogP contribution in [0.5, 0.6) is 0 Å². The molecular formula is C20H19NO2S. The van der Waals surface area contributed by atoms with Gasteiger partial charge in [-0.2, -0.15) is 4.31 Å². The van der Waals surface area contributed by atoms with E-state index >= 15 is 0 Å². The highest BCUT2D eigenvalue weighted by Crippen LogP contribution is 2.24. The molecule has 0 aliphatic carbocycles. The second kappa shape index (κ2) is 6.04. The molecule has 0 saturated heterocycles. The van der Waals surface area contributed by atoms with Gasteiger partial charge in [-0.25, -0.2) is 8.42 Å². The highest BCUT2D eigenvalue weighted by Gasteiger charge is 2.26. The summed E-state index contributed by atoms with van der Waals surface area (Å²) in [5.41, 5.74) is 3.22. The average molecular weight is 337 g/mol. The van der Waals surface area contributed by atoms with Crippen molar-refractivity contribution in [3.63, 3.8) is 0 Å². The van der Waals surface area contributed by atoms with Gasteiger partial charge in [0.25, 0.3) is 0 Å². The molecule has 0 atom stereocenters. The Balaban J connectivity index is 1.59. The fourth-order valence-corrected chi connectivity index (χ4v) is 4.83. The molecule has 0 amide bonds. The number of hydrogen-bond donors (Lipinski definition) is 0. The third-order valence-electron chi connectivity index (χ3n) is 4.65. The first-order chi connectivity index (χ1) is 11.6. The summed E-state index contributed by atoms with van der Waals surface area (Å²) >= 11 is 0. The molecule has 0 bridgehead atoms. The predicted molar refractivity (Wildman–Crippen MR) is 97.1 cm³/mol. The highest BCUT2D eigenvalue weighted by atomic mass is 32.2. The maximum absolute atomic E-state index is 12.8. The molecule has 3 aromatic rings. The number of fused-ring (bicyclic) bond motifs is 2. The Kier molecular flexibility index (Phi) is 3.87. The number of benzene rings is 3. The topological polar surface area (TPSA) is 37.4 Å². The highest BCUT2D eigenvalue weighted by molar-refractivity contribution is 7.88. The molecule has 1 heterocycles. The van der Waals surface area contributed by atoms with Gasteiger partial charge in [0.15, 0.2) is 0 Å². The largest absolute Gasteiger partial charge is 0.218 e. The molecular weight excluding hydrogens is 318 g/mol. The van der Waals surface area contributed by atoms with Gasteiger partial charge in [-0.1, -0.05) is 66.7 Å². The maximum Gasteiger partial charge on any atom is 0.218 e. The third-order valence-corrected chi connectivity index (χ3v) is 6.45. The Morgan fingerprint density at radius 3 is 2.38 bits per heavy atom. The lowest BCUT2D eigenvalue weighted by Gasteiger charge is -2.28. The molecule has 4 rings (SSSR count). The fourth-order valence-electron chi connectivity index (χ4n) is 3.34. The van der Waals surface area contributed by atoms with Crippen molar-refractivity contribution in [3.05, 3.63) is 83.4 Å². The zero-order valence-corrected chi connectivity index (χ0v) is 14.2. The van der Waals surface area contributed by atoms with Gasteiger partial charge in [0.05, 0.1) is 5.75 Å². The normalized spacial score (nSPS) is 15.3. The number of nitrogens with zero attached hydrogens (tertiary/aromatic N) is 1. The summed E-state index contributed by atoms with van der Waals surface area (Å²) in [6.07, 6.45) is 0.785. The number of hydrogen-bond acceptors (Lipinski definition) is 2. The molecule has 0 fully saturated rings. The number of rotatable bonds is 3. The van der Waals surface area contributed by atoms with Crippen LogP contribution in [0.2, 0.25) is 0 Å². The summed E-state index contributed by atoms with van der Waals surface area (Å²) in [7, 11) is -3.31. The van der Waals surface area contributed by atoms with E-state index in [2.05, 4.69) is 6.07 Å². The molecule has 122 valence electrons. The Morgan fingerprint density at radius 2 is 1.54 bits per heavy atom. The molecule has 1 aliphatic rings. The van der Waals surface area contributed by atoms with E-state index in [9.17, 15) is 8.42 Å². The van der Waals surface area contributed by atoms with Crippen LogP contribution in [0, 0.1) is 0 Å². The predicted octanol–water partition coefficient (Wildman–Crippen LogP) is 3.73. The van der Waals surface area contributed by atoms with Crippen molar-refractivity contribution in [2.75, 3.05) is 6.54 Å². The average Bonchev–Trinajstić information content (AvgIpc) is 2.61. The summed E-state index contributed by atoms with van der Waals surface area (Å²) in [4.78, 5) is 0. The summed E-state index contributed by atoms with van der Waals surface area (Å²) in [5.74, 6) is 0.0556. The van der Waals surface area contributed by atoms with Crippen molar-refractivity contribution in [1.29, 1.82) is 0 Å². The molecule has 0 unspecified atom stereocenters. The second-order valence-corrected chi connectivity index (χ2v) is 8.26. The Bertz CT molecular complexity index is 995. The van der Waals surface area contributed by atoms with Gasteiger partial charge in [-0.15, -0.1) is 0 Å². The van der Waals surface area contributed by atoms with Crippen LogP contribution in [-0.2, 0) is 28.7 Å². The van der Waals surface area contributed by atoms with Crippen molar-refractivity contribution in [1.82, 2.24) is 4.31 Å². The summed E-state index contributed by atoms with van der Waals surface area (Å²) in [5, 5.41) is 2.21. The zero-order valence-electron chi connectivity index (χ0n) is 13.4. The van der Waals surface area contributed by atoms with Crippen molar-refractivity contribution >= 4 is 20.8 Å². The Morgan fingerprint density at radius 1 is 0.833 bits per heavy atom. The standard InChI is InChI=1S/C20H19NO2S/c22-24(23,21-12-11-18-6-2-4-8-20(18)14-21)15-16-9-10-17-5-1-3-7-19(17)13-16/h1-10,13H,11-12,14-15H2. The van der Waals surface area contributed by atoms with Gasteiger partial charge < -0.3 is 0 Å². The van der Waals surface area contributed by atoms with E-state index in [4.69, 9.17) is 0 Å². The maximum atomic E-state index is 12.8. The molecule has 3 nitrogen and oxygen atoms in total. The molecule has 0 aromatic heterocycles. The van der Waals surface area contributed by atoms with Gasteiger partial charge >= 0.3 is 0 Å². The van der Waals surface area contributed by atoms with E-state index in [0.717, 1.165) is 28.3 Å². The molecule has 0 spiro atoms. The van der Waals surface area contributed by atoms with Crippen LogP contribution in [0.1, 0.15) is 16.7 Å². The minimum Gasteiger partial charge on any atom is -0.212 e. The lowest BCUT2D eigenvalue weighted by Crippen LogP contribution is -2.36. The molecule has 1 aliphatic heterocycles. The SMILES string of the molecule is O=S(=O)(Cc1ccc2ccccc2c1)N1CCc2ccccc2C1. The monoisotopic (exact) mass is 337 g/mol. The van der Waals surface area contributed by atoms with Crippen LogP contribution in [0.25, 0.3) is 10.8 Å². The second-order valence-electron chi connectivity index (χ2n) is 6.29. The van der Waals surface area contributed by atoms with Crippen LogP contribution < -0.4 is 0 Å². The van der Waals surface area contributed by atoms with E-state index in [-0.39, 0.29) is 5.75 Å². The van der Waals surface area contributed by atoms with Crippen molar-refractivity contribution in [3.8, 4) is 0 Å². The Hall–Kier alpha value is -2.17.